The Kier molecular flexibility index (Phi) is 6.79. The van der Waals surface area contributed by atoms with Crippen LogP contribution in [-0.2, 0) is 4.74 Å². The molecule has 0 aliphatic carbocycles. The molecule has 3 rings (SSSR count). The fourth-order valence-corrected chi connectivity index (χ4v) is 4.06. The Morgan fingerprint density at radius 2 is 2.08 bits per heavy atom. The van der Waals surface area contributed by atoms with Crippen LogP contribution in [0.25, 0.3) is 0 Å². The summed E-state index contributed by atoms with van der Waals surface area (Å²) in [6.45, 7) is 9.52. The van der Waals surface area contributed by atoms with Gasteiger partial charge in [0.1, 0.15) is 0 Å². The summed E-state index contributed by atoms with van der Waals surface area (Å²) in [5.74, 6) is 0.646. The molecule has 5 nitrogen and oxygen atoms in total. The van der Waals surface area contributed by atoms with Crippen molar-refractivity contribution in [3.8, 4) is 0 Å². The van der Waals surface area contributed by atoms with Crippen molar-refractivity contribution < 1.29 is 9.53 Å². The van der Waals surface area contributed by atoms with Crippen LogP contribution < -0.4 is 5.32 Å². The maximum Gasteiger partial charge on any atom is 0.318 e. The number of nitrogens with zero attached hydrogens (tertiary/aromatic N) is 2. The van der Waals surface area contributed by atoms with E-state index in [1.165, 1.54) is 0 Å². The SMILES string of the molecule is CC(C)CN1CCOC(CNC(=O)N2CCCC2c2ccc(Cl)cc2)C1. The molecule has 26 heavy (non-hydrogen) atoms. The van der Waals surface area contributed by atoms with Crippen LogP contribution in [0.4, 0.5) is 4.79 Å². The molecular formula is C20H30ClN3O2. The molecule has 2 aliphatic rings. The topological polar surface area (TPSA) is 44.8 Å². The minimum atomic E-state index is 0.00651. The van der Waals surface area contributed by atoms with E-state index in [2.05, 4.69) is 24.1 Å². The van der Waals surface area contributed by atoms with Crippen molar-refractivity contribution in [3.63, 3.8) is 0 Å². The number of carbonyl (C=O) groups excluding carboxylic acids is 1. The first-order valence-corrected chi connectivity index (χ1v) is 10.0. The summed E-state index contributed by atoms with van der Waals surface area (Å²) in [5, 5.41) is 3.81. The highest BCUT2D eigenvalue weighted by atomic mass is 35.5. The first-order chi connectivity index (χ1) is 12.5. The number of halogens is 1. The molecule has 1 N–H and O–H groups in total. The molecule has 0 bridgehead atoms. The zero-order valence-corrected chi connectivity index (χ0v) is 16.5. The van der Waals surface area contributed by atoms with Crippen LogP contribution in [-0.4, -0.2) is 61.3 Å². The van der Waals surface area contributed by atoms with Gasteiger partial charge in [0.15, 0.2) is 0 Å². The number of carbonyl (C=O) groups is 1. The van der Waals surface area contributed by atoms with Gasteiger partial charge in [-0.25, -0.2) is 4.79 Å². The molecule has 2 heterocycles. The summed E-state index contributed by atoms with van der Waals surface area (Å²) >= 11 is 5.99. The largest absolute Gasteiger partial charge is 0.374 e. The molecule has 2 atom stereocenters. The molecule has 144 valence electrons. The molecule has 0 radical (unpaired) electrons. The summed E-state index contributed by atoms with van der Waals surface area (Å²) in [6, 6.07) is 7.97. The van der Waals surface area contributed by atoms with E-state index in [0.717, 1.165) is 56.2 Å². The van der Waals surface area contributed by atoms with Crippen molar-refractivity contribution >= 4 is 17.6 Å². The van der Waals surface area contributed by atoms with Gasteiger partial charge in [0.05, 0.1) is 18.8 Å². The van der Waals surface area contributed by atoms with Crippen LogP contribution in [0.2, 0.25) is 5.02 Å². The molecule has 2 unspecified atom stereocenters. The molecule has 2 amide bonds. The Balaban J connectivity index is 1.51. The number of hydrogen-bond acceptors (Lipinski definition) is 3. The lowest BCUT2D eigenvalue weighted by Crippen LogP contribution is -2.50. The maximum absolute atomic E-state index is 12.7. The lowest BCUT2D eigenvalue weighted by molar-refractivity contribution is -0.0294. The van der Waals surface area contributed by atoms with Gasteiger partial charge in [-0.3, -0.25) is 4.90 Å². The number of hydrogen-bond donors (Lipinski definition) is 1. The van der Waals surface area contributed by atoms with Gasteiger partial charge < -0.3 is 15.0 Å². The van der Waals surface area contributed by atoms with Crippen molar-refractivity contribution in [2.75, 3.05) is 39.3 Å². The molecule has 0 aromatic heterocycles. The number of rotatable bonds is 5. The molecule has 2 fully saturated rings. The van der Waals surface area contributed by atoms with Crippen molar-refractivity contribution in [3.05, 3.63) is 34.9 Å². The summed E-state index contributed by atoms with van der Waals surface area (Å²) < 4.78 is 5.84. The fourth-order valence-electron chi connectivity index (χ4n) is 3.93. The number of urea groups is 1. The Morgan fingerprint density at radius 3 is 2.81 bits per heavy atom. The van der Waals surface area contributed by atoms with Crippen molar-refractivity contribution in [2.24, 2.45) is 5.92 Å². The van der Waals surface area contributed by atoms with E-state index >= 15 is 0 Å². The van der Waals surface area contributed by atoms with Crippen LogP contribution in [0.3, 0.4) is 0 Å². The van der Waals surface area contributed by atoms with Gasteiger partial charge in [-0.05, 0) is 36.5 Å². The summed E-state index contributed by atoms with van der Waals surface area (Å²) in [6.07, 6.45) is 2.10. The molecule has 0 saturated carbocycles. The van der Waals surface area contributed by atoms with Gasteiger partial charge in [0.2, 0.25) is 0 Å². The highest BCUT2D eigenvalue weighted by Gasteiger charge is 2.30. The average Bonchev–Trinajstić information content (AvgIpc) is 3.10. The Labute approximate surface area is 161 Å². The molecular weight excluding hydrogens is 350 g/mol. The highest BCUT2D eigenvalue weighted by molar-refractivity contribution is 6.30. The van der Waals surface area contributed by atoms with Gasteiger partial charge in [-0.15, -0.1) is 0 Å². The monoisotopic (exact) mass is 379 g/mol. The number of morpholine rings is 1. The third-order valence-electron chi connectivity index (χ3n) is 5.10. The summed E-state index contributed by atoms with van der Waals surface area (Å²) in [4.78, 5) is 17.1. The van der Waals surface area contributed by atoms with E-state index in [9.17, 15) is 4.79 Å². The number of ether oxygens (including phenoxy) is 1. The number of amides is 2. The fraction of sp³-hybridized carbons (Fsp3) is 0.650. The molecule has 2 aliphatic heterocycles. The predicted octanol–water partition coefficient (Wildman–Crippen LogP) is 3.54. The lowest BCUT2D eigenvalue weighted by Gasteiger charge is -2.34. The first-order valence-electron chi connectivity index (χ1n) is 9.67. The third kappa shape index (κ3) is 5.12. The summed E-state index contributed by atoms with van der Waals surface area (Å²) in [5.41, 5.74) is 1.15. The van der Waals surface area contributed by atoms with Crippen LogP contribution in [0.15, 0.2) is 24.3 Å². The van der Waals surface area contributed by atoms with Crippen molar-refractivity contribution in [1.29, 1.82) is 0 Å². The maximum atomic E-state index is 12.7. The van der Waals surface area contributed by atoms with Gasteiger partial charge in [-0.1, -0.05) is 37.6 Å². The smallest absolute Gasteiger partial charge is 0.318 e. The van der Waals surface area contributed by atoms with Crippen LogP contribution >= 0.6 is 11.6 Å². The average molecular weight is 380 g/mol. The van der Waals surface area contributed by atoms with E-state index in [1.54, 1.807) is 0 Å². The Hall–Kier alpha value is -1.30. The predicted molar refractivity (Wildman–Crippen MR) is 105 cm³/mol. The zero-order chi connectivity index (χ0) is 18.5. The van der Waals surface area contributed by atoms with Gasteiger partial charge in [0.25, 0.3) is 0 Å². The van der Waals surface area contributed by atoms with E-state index in [1.807, 2.05) is 29.2 Å². The van der Waals surface area contributed by atoms with Crippen LogP contribution in [0.5, 0.6) is 0 Å². The van der Waals surface area contributed by atoms with Gasteiger partial charge >= 0.3 is 6.03 Å². The minimum absolute atomic E-state index is 0.00651. The second kappa shape index (κ2) is 9.07. The van der Waals surface area contributed by atoms with Crippen molar-refractivity contribution in [1.82, 2.24) is 15.1 Å². The van der Waals surface area contributed by atoms with Crippen molar-refractivity contribution in [2.45, 2.75) is 38.8 Å². The Morgan fingerprint density at radius 1 is 1.31 bits per heavy atom. The van der Waals surface area contributed by atoms with E-state index in [4.69, 9.17) is 16.3 Å². The van der Waals surface area contributed by atoms with E-state index in [0.29, 0.717) is 12.5 Å². The number of benzene rings is 1. The van der Waals surface area contributed by atoms with Gasteiger partial charge in [-0.2, -0.15) is 0 Å². The number of likely N-dealkylation sites (tertiary alicyclic amines) is 1. The van der Waals surface area contributed by atoms with E-state index in [-0.39, 0.29) is 18.2 Å². The molecule has 1 aromatic carbocycles. The second-order valence-corrected chi connectivity index (χ2v) is 8.17. The zero-order valence-electron chi connectivity index (χ0n) is 15.8. The minimum Gasteiger partial charge on any atom is -0.374 e. The summed E-state index contributed by atoms with van der Waals surface area (Å²) in [7, 11) is 0. The quantitative estimate of drug-likeness (QED) is 0.851. The lowest BCUT2D eigenvalue weighted by atomic mass is 10.1. The van der Waals surface area contributed by atoms with Gasteiger partial charge in [0, 0.05) is 37.7 Å². The number of nitrogens with one attached hydrogen (secondary N) is 1. The third-order valence-corrected chi connectivity index (χ3v) is 5.35. The standard InChI is InChI=1S/C20H30ClN3O2/c1-15(2)13-23-10-11-26-18(14-23)12-22-20(25)24-9-3-4-19(24)16-5-7-17(21)8-6-16/h5-8,15,18-19H,3-4,9-14H2,1-2H3,(H,22,25). The first kappa shape index (κ1) is 19.5. The molecule has 6 heteroatoms. The molecule has 2 saturated heterocycles. The van der Waals surface area contributed by atoms with E-state index < -0.39 is 0 Å². The highest BCUT2D eigenvalue weighted by Crippen LogP contribution is 2.32. The van der Waals surface area contributed by atoms with Crippen LogP contribution in [0.1, 0.15) is 38.3 Å². The normalized spacial score (nSPS) is 24.2. The Bertz CT molecular complexity index is 593. The van der Waals surface area contributed by atoms with Crippen LogP contribution in [0, 0.1) is 5.92 Å². The molecule has 0 spiro atoms. The second-order valence-electron chi connectivity index (χ2n) is 7.74. The molecule has 1 aromatic rings.